The molecule has 1 rings (SSSR count). The van der Waals surface area contributed by atoms with Gasteiger partial charge in [0.2, 0.25) is 0 Å². The Morgan fingerprint density at radius 1 is 1.47 bits per heavy atom. The van der Waals surface area contributed by atoms with Crippen LogP contribution < -0.4 is 0 Å². The molecule has 0 spiro atoms. The summed E-state index contributed by atoms with van der Waals surface area (Å²) in [7, 11) is 0. The Hall–Kier alpha value is -0.810. The fourth-order valence-corrected chi connectivity index (χ4v) is 2.07. The van der Waals surface area contributed by atoms with Gasteiger partial charge < -0.3 is 0 Å². The number of carbonyl (C=O) groups is 1. The molecule has 17 heavy (non-hydrogen) atoms. The zero-order chi connectivity index (χ0) is 13.2. The van der Waals surface area contributed by atoms with Gasteiger partial charge in [0.15, 0.2) is 5.78 Å². The van der Waals surface area contributed by atoms with Crippen LogP contribution in [0.4, 0.5) is 13.2 Å². The zero-order valence-corrected chi connectivity index (χ0v) is 11.0. The third-order valence-corrected chi connectivity index (χ3v) is 3.04. The molecular formula is C10H4ClF3INO. The van der Waals surface area contributed by atoms with Gasteiger partial charge in [-0.1, -0.05) is 0 Å². The fourth-order valence-electron chi connectivity index (χ4n) is 1.18. The minimum atomic E-state index is -4.56. The van der Waals surface area contributed by atoms with Gasteiger partial charge in [-0.25, -0.2) is 0 Å². The molecule has 0 saturated heterocycles. The van der Waals surface area contributed by atoms with Gasteiger partial charge in [-0.3, -0.25) is 4.79 Å². The Bertz CT molecular complexity index is 507. The summed E-state index contributed by atoms with van der Waals surface area (Å²) in [5.41, 5.74) is -1.33. The first-order valence-corrected chi connectivity index (χ1v) is 5.82. The average Bonchev–Trinajstić information content (AvgIpc) is 2.25. The summed E-state index contributed by atoms with van der Waals surface area (Å²) in [6, 6.07) is 3.19. The van der Waals surface area contributed by atoms with Gasteiger partial charge in [-0.2, -0.15) is 18.4 Å². The third kappa shape index (κ3) is 3.10. The van der Waals surface area contributed by atoms with Gasteiger partial charge in [0.25, 0.3) is 0 Å². The predicted octanol–water partition coefficient (Wildman–Crippen LogP) is 3.60. The summed E-state index contributed by atoms with van der Waals surface area (Å²) in [6.45, 7) is 0. The van der Waals surface area contributed by atoms with Crippen molar-refractivity contribution >= 4 is 40.0 Å². The summed E-state index contributed by atoms with van der Waals surface area (Å²) >= 11 is 6.88. The number of alkyl halides is 4. The molecule has 0 aliphatic rings. The number of hydrogen-bond acceptors (Lipinski definition) is 2. The lowest BCUT2D eigenvalue weighted by Gasteiger charge is -2.10. The van der Waals surface area contributed by atoms with Crippen LogP contribution in [0, 0.1) is 14.9 Å². The maximum absolute atomic E-state index is 12.5. The van der Waals surface area contributed by atoms with Crippen molar-refractivity contribution in [2.75, 3.05) is 5.88 Å². The summed E-state index contributed by atoms with van der Waals surface area (Å²) in [6.07, 6.45) is -4.56. The fraction of sp³-hybridized carbons (Fsp3) is 0.200. The average molecular weight is 373 g/mol. The lowest BCUT2D eigenvalue weighted by atomic mass is 10.0. The Labute approximate surface area is 114 Å². The maximum atomic E-state index is 12.5. The van der Waals surface area contributed by atoms with Gasteiger partial charge in [0.1, 0.15) is 6.07 Å². The Kier molecular flexibility index (Phi) is 4.38. The lowest BCUT2D eigenvalue weighted by molar-refractivity contribution is -0.137. The Morgan fingerprint density at radius 2 is 2.06 bits per heavy atom. The molecule has 0 N–H and O–H groups in total. The third-order valence-electron chi connectivity index (χ3n) is 1.95. The highest BCUT2D eigenvalue weighted by Gasteiger charge is 2.32. The lowest BCUT2D eigenvalue weighted by Crippen LogP contribution is -2.11. The molecule has 1 aromatic carbocycles. The molecule has 0 aliphatic carbocycles. The van der Waals surface area contributed by atoms with Crippen LogP contribution in [0.2, 0.25) is 0 Å². The van der Waals surface area contributed by atoms with E-state index in [9.17, 15) is 18.0 Å². The summed E-state index contributed by atoms with van der Waals surface area (Å²) < 4.78 is 37.6. The van der Waals surface area contributed by atoms with Crippen molar-refractivity contribution in [1.82, 2.24) is 0 Å². The van der Waals surface area contributed by atoms with Crippen LogP contribution in [0.1, 0.15) is 21.5 Å². The van der Waals surface area contributed by atoms with Crippen LogP contribution in [-0.4, -0.2) is 11.7 Å². The molecule has 0 aliphatic heterocycles. The molecule has 0 atom stereocenters. The Balaban J connectivity index is 3.51. The van der Waals surface area contributed by atoms with Crippen molar-refractivity contribution in [3.8, 4) is 6.07 Å². The molecule has 0 heterocycles. The number of Topliss-reactive ketones (excluding diaryl/α,β-unsaturated/α-hetero) is 1. The van der Waals surface area contributed by atoms with Crippen LogP contribution >= 0.6 is 34.2 Å². The van der Waals surface area contributed by atoms with Crippen LogP contribution in [0.5, 0.6) is 0 Å². The van der Waals surface area contributed by atoms with Gasteiger partial charge in [0.05, 0.1) is 17.0 Å². The normalized spacial score (nSPS) is 11.1. The molecule has 7 heteroatoms. The van der Waals surface area contributed by atoms with E-state index in [1.54, 1.807) is 28.7 Å². The topological polar surface area (TPSA) is 40.9 Å². The van der Waals surface area contributed by atoms with Crippen molar-refractivity contribution < 1.29 is 18.0 Å². The second-order valence-electron chi connectivity index (χ2n) is 3.05. The van der Waals surface area contributed by atoms with E-state index in [0.717, 1.165) is 6.07 Å². The molecular weight excluding hydrogens is 369 g/mol. The van der Waals surface area contributed by atoms with Crippen LogP contribution in [-0.2, 0) is 6.18 Å². The van der Waals surface area contributed by atoms with Gasteiger partial charge in [-0.15, -0.1) is 11.6 Å². The van der Waals surface area contributed by atoms with E-state index >= 15 is 0 Å². The molecule has 2 nitrogen and oxygen atoms in total. The molecule has 0 radical (unpaired) electrons. The standard InChI is InChI=1S/C10H4ClF3INO/c11-3-9(17)6-1-5(10(12,13)14)2-8(15)7(6)4-16/h1-2H,3H2. The molecule has 0 unspecified atom stereocenters. The van der Waals surface area contributed by atoms with Crippen molar-refractivity contribution in [1.29, 1.82) is 5.26 Å². The van der Waals surface area contributed by atoms with Gasteiger partial charge in [-0.05, 0) is 34.7 Å². The van der Waals surface area contributed by atoms with E-state index in [1.165, 1.54) is 0 Å². The van der Waals surface area contributed by atoms with E-state index in [0.29, 0.717) is 6.07 Å². The SMILES string of the molecule is N#Cc1c(I)cc(C(F)(F)F)cc1C(=O)CCl. The Morgan fingerprint density at radius 3 is 2.47 bits per heavy atom. The predicted molar refractivity (Wildman–Crippen MR) is 63.9 cm³/mol. The van der Waals surface area contributed by atoms with Crippen molar-refractivity contribution in [3.05, 3.63) is 32.4 Å². The first-order chi connectivity index (χ1) is 7.81. The van der Waals surface area contributed by atoms with Crippen molar-refractivity contribution in [2.24, 2.45) is 0 Å². The number of nitrogens with zero attached hydrogens (tertiary/aromatic N) is 1. The molecule has 0 amide bonds. The second kappa shape index (κ2) is 5.23. The van der Waals surface area contributed by atoms with Gasteiger partial charge in [0, 0.05) is 9.13 Å². The van der Waals surface area contributed by atoms with E-state index in [2.05, 4.69) is 0 Å². The highest BCUT2D eigenvalue weighted by Crippen LogP contribution is 2.32. The highest BCUT2D eigenvalue weighted by molar-refractivity contribution is 14.1. The number of rotatable bonds is 2. The number of carbonyl (C=O) groups excluding carboxylic acids is 1. The molecule has 0 saturated carbocycles. The number of ketones is 1. The zero-order valence-electron chi connectivity index (χ0n) is 8.11. The first kappa shape index (κ1) is 14.3. The minimum absolute atomic E-state index is 0.0772. The summed E-state index contributed by atoms with van der Waals surface area (Å²) in [4.78, 5) is 11.4. The van der Waals surface area contributed by atoms with E-state index in [-0.39, 0.29) is 14.7 Å². The second-order valence-corrected chi connectivity index (χ2v) is 4.48. The van der Waals surface area contributed by atoms with Crippen molar-refractivity contribution in [3.63, 3.8) is 0 Å². The first-order valence-electron chi connectivity index (χ1n) is 4.21. The number of halogens is 5. The van der Waals surface area contributed by atoms with E-state index < -0.39 is 23.4 Å². The largest absolute Gasteiger partial charge is 0.416 e. The molecule has 90 valence electrons. The molecule has 0 fully saturated rings. The van der Waals surface area contributed by atoms with Crippen LogP contribution in [0.25, 0.3) is 0 Å². The van der Waals surface area contributed by atoms with Crippen LogP contribution in [0.3, 0.4) is 0 Å². The minimum Gasteiger partial charge on any atom is -0.293 e. The van der Waals surface area contributed by atoms with Crippen LogP contribution in [0.15, 0.2) is 12.1 Å². The number of benzene rings is 1. The van der Waals surface area contributed by atoms with Gasteiger partial charge >= 0.3 is 6.18 Å². The number of nitriles is 1. The molecule has 0 bridgehead atoms. The summed E-state index contributed by atoms with van der Waals surface area (Å²) in [5.74, 6) is -1.17. The smallest absolute Gasteiger partial charge is 0.293 e. The van der Waals surface area contributed by atoms with E-state index in [4.69, 9.17) is 16.9 Å². The van der Waals surface area contributed by atoms with E-state index in [1.807, 2.05) is 0 Å². The maximum Gasteiger partial charge on any atom is 0.416 e. The highest BCUT2D eigenvalue weighted by atomic mass is 127. The molecule has 1 aromatic rings. The van der Waals surface area contributed by atoms with Crippen molar-refractivity contribution in [2.45, 2.75) is 6.18 Å². The molecule has 0 aromatic heterocycles. The summed E-state index contributed by atoms with van der Waals surface area (Å²) in [5, 5.41) is 8.81. The monoisotopic (exact) mass is 373 g/mol. The quantitative estimate of drug-likeness (QED) is 0.451. The number of hydrogen-bond donors (Lipinski definition) is 0.